The molecule has 4 aromatic rings. The number of pyridine rings is 1. The zero-order valence-electron chi connectivity index (χ0n) is 13.7. The predicted molar refractivity (Wildman–Crippen MR) is 103 cm³/mol. The highest BCUT2D eigenvalue weighted by Crippen LogP contribution is 2.32. The lowest BCUT2D eigenvalue weighted by molar-refractivity contribution is -0.577. The second-order valence-corrected chi connectivity index (χ2v) is 6.34. The van der Waals surface area contributed by atoms with Crippen LogP contribution in [0.25, 0.3) is 22.0 Å². The molecule has 0 unspecified atom stereocenters. The van der Waals surface area contributed by atoms with Gasteiger partial charge < -0.3 is 5.21 Å². The molecule has 4 rings (SSSR count). The van der Waals surface area contributed by atoms with E-state index in [0.717, 1.165) is 21.2 Å². The van der Waals surface area contributed by atoms with Crippen LogP contribution in [-0.2, 0) is 0 Å². The van der Waals surface area contributed by atoms with E-state index >= 15 is 0 Å². The van der Waals surface area contributed by atoms with Gasteiger partial charge in [0.25, 0.3) is 0 Å². The highest BCUT2D eigenvalue weighted by molar-refractivity contribution is 6.35. The number of nitrogens with zero attached hydrogens (tertiary/aromatic N) is 1. The minimum Gasteiger partial charge on any atom is -0.618 e. The maximum absolute atomic E-state index is 13.2. The Morgan fingerprint density at radius 3 is 2.23 bits per heavy atom. The van der Waals surface area contributed by atoms with Crippen molar-refractivity contribution in [3.63, 3.8) is 0 Å². The van der Waals surface area contributed by atoms with Gasteiger partial charge in [-0.1, -0.05) is 66.2 Å². The first-order chi connectivity index (χ1) is 12.7. The SMILES string of the molecule is O=C(c1ccccc1Cl)c1c[n+]([O-])c2ccccc2c1-c1ccccc1. The van der Waals surface area contributed by atoms with E-state index in [0.29, 0.717) is 21.7 Å². The number of benzene rings is 3. The van der Waals surface area contributed by atoms with Crippen molar-refractivity contribution in [1.29, 1.82) is 0 Å². The van der Waals surface area contributed by atoms with E-state index in [1.165, 1.54) is 6.20 Å². The Bertz CT molecular complexity index is 1120. The first kappa shape index (κ1) is 16.3. The number of para-hydroxylation sites is 1. The van der Waals surface area contributed by atoms with Crippen LogP contribution in [0.1, 0.15) is 15.9 Å². The molecule has 126 valence electrons. The van der Waals surface area contributed by atoms with Crippen molar-refractivity contribution in [1.82, 2.24) is 0 Å². The molecule has 0 N–H and O–H groups in total. The Kier molecular flexibility index (Phi) is 4.15. The molecule has 0 atom stereocenters. The normalized spacial score (nSPS) is 10.8. The fourth-order valence-corrected chi connectivity index (χ4v) is 3.37. The molecular weight excluding hydrogens is 346 g/mol. The molecular formula is C22H14ClNO2. The fraction of sp³-hybridized carbons (Fsp3) is 0. The van der Waals surface area contributed by atoms with Crippen molar-refractivity contribution < 1.29 is 9.52 Å². The second kappa shape index (κ2) is 6.62. The van der Waals surface area contributed by atoms with Crippen molar-refractivity contribution in [2.24, 2.45) is 0 Å². The number of halogens is 1. The number of hydrogen-bond acceptors (Lipinski definition) is 2. The summed E-state index contributed by atoms with van der Waals surface area (Å²) in [5.74, 6) is -0.273. The van der Waals surface area contributed by atoms with Gasteiger partial charge >= 0.3 is 0 Å². The highest BCUT2D eigenvalue weighted by Gasteiger charge is 2.23. The molecule has 0 fully saturated rings. The summed E-state index contributed by atoms with van der Waals surface area (Å²) in [4.78, 5) is 13.2. The van der Waals surface area contributed by atoms with Crippen LogP contribution in [0.2, 0.25) is 5.02 Å². The van der Waals surface area contributed by atoms with Crippen molar-refractivity contribution in [3.05, 3.63) is 106 Å². The molecule has 0 aliphatic rings. The molecule has 0 amide bonds. The van der Waals surface area contributed by atoms with E-state index in [4.69, 9.17) is 11.6 Å². The Hall–Kier alpha value is -3.17. The van der Waals surface area contributed by atoms with Crippen molar-refractivity contribution in [3.8, 4) is 11.1 Å². The van der Waals surface area contributed by atoms with Crippen LogP contribution in [-0.4, -0.2) is 5.78 Å². The topological polar surface area (TPSA) is 44.0 Å². The number of aromatic nitrogens is 1. The smallest absolute Gasteiger partial charge is 0.224 e. The van der Waals surface area contributed by atoms with Crippen LogP contribution in [0.5, 0.6) is 0 Å². The van der Waals surface area contributed by atoms with Gasteiger partial charge in [0.05, 0.1) is 16.0 Å². The molecule has 0 aliphatic carbocycles. The maximum Gasteiger partial charge on any atom is 0.224 e. The number of ketones is 1. The van der Waals surface area contributed by atoms with Crippen LogP contribution >= 0.6 is 11.6 Å². The summed E-state index contributed by atoms with van der Waals surface area (Å²) in [5.41, 5.74) is 2.83. The van der Waals surface area contributed by atoms with E-state index < -0.39 is 0 Å². The molecule has 0 aliphatic heterocycles. The van der Waals surface area contributed by atoms with E-state index in [9.17, 15) is 10.0 Å². The first-order valence-corrected chi connectivity index (χ1v) is 8.54. The second-order valence-electron chi connectivity index (χ2n) is 5.94. The lowest BCUT2D eigenvalue weighted by Gasteiger charge is -2.13. The average molecular weight is 360 g/mol. The Morgan fingerprint density at radius 2 is 1.46 bits per heavy atom. The molecule has 1 aromatic heterocycles. The third-order valence-corrected chi connectivity index (χ3v) is 4.68. The van der Waals surface area contributed by atoms with Crippen molar-refractivity contribution in [2.45, 2.75) is 0 Å². The number of hydrogen-bond donors (Lipinski definition) is 0. The molecule has 0 saturated heterocycles. The van der Waals surface area contributed by atoms with Gasteiger partial charge in [-0.25, -0.2) is 0 Å². The van der Waals surface area contributed by atoms with Gasteiger partial charge in [-0.3, -0.25) is 4.79 Å². The Labute approximate surface area is 155 Å². The van der Waals surface area contributed by atoms with Crippen molar-refractivity contribution >= 4 is 28.3 Å². The number of carbonyl (C=O) groups is 1. The summed E-state index contributed by atoms with van der Waals surface area (Å²) in [7, 11) is 0. The largest absolute Gasteiger partial charge is 0.618 e. The fourth-order valence-electron chi connectivity index (χ4n) is 3.15. The van der Waals surface area contributed by atoms with E-state index in [1.807, 2.05) is 42.5 Å². The highest BCUT2D eigenvalue weighted by atomic mass is 35.5. The zero-order chi connectivity index (χ0) is 18.1. The third-order valence-electron chi connectivity index (χ3n) is 4.35. The Balaban J connectivity index is 2.06. The van der Waals surface area contributed by atoms with Gasteiger partial charge in [-0.05, 0) is 23.8 Å². The van der Waals surface area contributed by atoms with Crippen LogP contribution in [0.4, 0.5) is 0 Å². The molecule has 3 nitrogen and oxygen atoms in total. The average Bonchev–Trinajstić information content (AvgIpc) is 2.68. The van der Waals surface area contributed by atoms with Crippen LogP contribution in [0.15, 0.2) is 85.1 Å². The molecule has 0 bridgehead atoms. The predicted octanol–water partition coefficient (Wildman–Crippen LogP) is 5.02. The summed E-state index contributed by atoms with van der Waals surface area (Å²) in [6, 6.07) is 23.7. The van der Waals surface area contributed by atoms with E-state index in [1.54, 1.807) is 36.4 Å². The molecule has 1 heterocycles. The monoisotopic (exact) mass is 359 g/mol. The number of fused-ring (bicyclic) bond motifs is 1. The molecule has 0 saturated carbocycles. The van der Waals surface area contributed by atoms with Crippen LogP contribution < -0.4 is 4.73 Å². The first-order valence-electron chi connectivity index (χ1n) is 8.16. The molecule has 0 spiro atoms. The van der Waals surface area contributed by atoms with Gasteiger partial charge in [0.15, 0.2) is 6.20 Å². The summed E-state index contributed by atoms with van der Waals surface area (Å²) < 4.78 is 0.742. The van der Waals surface area contributed by atoms with Crippen LogP contribution in [0.3, 0.4) is 0 Å². The summed E-state index contributed by atoms with van der Waals surface area (Å²) in [6.07, 6.45) is 1.34. The molecule has 26 heavy (non-hydrogen) atoms. The minimum atomic E-state index is -0.273. The lowest BCUT2D eigenvalue weighted by atomic mass is 9.92. The Morgan fingerprint density at radius 1 is 0.808 bits per heavy atom. The van der Waals surface area contributed by atoms with Gasteiger partial charge in [0, 0.05) is 17.2 Å². The standard InChI is InChI=1S/C22H14ClNO2/c23-19-12-6-4-10-16(19)22(25)18-14-24(26)20-13-7-5-11-17(20)21(18)15-8-2-1-3-9-15/h1-14H. The summed E-state index contributed by atoms with van der Waals surface area (Å²) in [6.45, 7) is 0. The molecule has 3 aromatic carbocycles. The lowest BCUT2D eigenvalue weighted by Crippen LogP contribution is -2.29. The molecule has 0 radical (unpaired) electrons. The van der Waals surface area contributed by atoms with E-state index in [-0.39, 0.29) is 5.78 Å². The number of carbonyl (C=O) groups excluding carboxylic acids is 1. The summed E-state index contributed by atoms with van der Waals surface area (Å²) >= 11 is 6.22. The van der Waals surface area contributed by atoms with Gasteiger partial charge in [-0.2, -0.15) is 4.73 Å². The van der Waals surface area contributed by atoms with Gasteiger partial charge in [-0.15, -0.1) is 0 Å². The maximum atomic E-state index is 13.2. The zero-order valence-corrected chi connectivity index (χ0v) is 14.5. The molecule has 4 heteroatoms. The van der Waals surface area contributed by atoms with Crippen LogP contribution in [0, 0.1) is 5.21 Å². The van der Waals surface area contributed by atoms with Crippen molar-refractivity contribution in [2.75, 3.05) is 0 Å². The summed E-state index contributed by atoms with van der Waals surface area (Å²) in [5, 5.41) is 13.6. The third kappa shape index (κ3) is 2.72. The quantitative estimate of drug-likeness (QED) is 0.293. The minimum absolute atomic E-state index is 0.273. The van der Waals surface area contributed by atoms with Gasteiger partial charge in [0.2, 0.25) is 11.3 Å². The number of rotatable bonds is 3. The van der Waals surface area contributed by atoms with E-state index in [2.05, 4.69) is 0 Å². The van der Waals surface area contributed by atoms with Gasteiger partial charge in [0.1, 0.15) is 0 Å².